The highest BCUT2D eigenvalue weighted by Gasteiger charge is 2.08. The quantitative estimate of drug-likeness (QED) is 0.538. The second-order valence-corrected chi connectivity index (χ2v) is 5.78. The maximum atomic E-state index is 12.8. The van der Waals surface area contributed by atoms with Crippen LogP contribution in [0.15, 0.2) is 53.6 Å². The van der Waals surface area contributed by atoms with Crippen molar-refractivity contribution in [2.24, 2.45) is 5.10 Å². The molecule has 0 aromatic heterocycles. The Kier molecular flexibility index (Phi) is 6.76. The van der Waals surface area contributed by atoms with Crippen LogP contribution in [0.1, 0.15) is 30.6 Å². The first kappa shape index (κ1) is 19.8. The summed E-state index contributed by atoms with van der Waals surface area (Å²) in [5, 5.41) is 9.10. The summed E-state index contributed by atoms with van der Waals surface area (Å²) in [5.41, 5.74) is 4.18. The standard InChI is InChI=1S/C19H19FN4O3/c1-12(11-18(26)22-17-9-5-15(20)6-10-17)23-24-19(27)14-3-7-16(8-4-14)21-13(2)25/h3-10H,11H2,1-2H3,(H,21,25)(H,22,26)(H,24,27)/b23-12+. The first-order valence-corrected chi connectivity index (χ1v) is 8.10. The SMILES string of the molecule is CC(=O)Nc1ccc(C(=O)N/N=C(\C)CC(=O)Nc2ccc(F)cc2)cc1. The molecule has 2 rings (SSSR count). The fourth-order valence-corrected chi connectivity index (χ4v) is 2.13. The largest absolute Gasteiger partial charge is 0.326 e. The zero-order valence-corrected chi connectivity index (χ0v) is 14.9. The van der Waals surface area contributed by atoms with Gasteiger partial charge < -0.3 is 10.6 Å². The van der Waals surface area contributed by atoms with Gasteiger partial charge in [-0.2, -0.15) is 5.10 Å². The highest BCUT2D eigenvalue weighted by molar-refractivity contribution is 6.06. The van der Waals surface area contributed by atoms with Crippen LogP contribution in [0.25, 0.3) is 0 Å². The molecule has 0 spiro atoms. The van der Waals surface area contributed by atoms with Gasteiger partial charge in [-0.1, -0.05) is 0 Å². The molecule has 0 aliphatic heterocycles. The van der Waals surface area contributed by atoms with Crippen molar-refractivity contribution in [3.05, 3.63) is 59.9 Å². The van der Waals surface area contributed by atoms with E-state index < -0.39 is 11.7 Å². The molecule has 3 N–H and O–H groups in total. The topological polar surface area (TPSA) is 99.7 Å². The average molecular weight is 370 g/mol. The van der Waals surface area contributed by atoms with E-state index in [9.17, 15) is 18.8 Å². The fourth-order valence-electron chi connectivity index (χ4n) is 2.13. The van der Waals surface area contributed by atoms with Gasteiger partial charge in [-0.15, -0.1) is 0 Å². The number of carbonyl (C=O) groups excluding carboxylic acids is 3. The molecule has 0 saturated carbocycles. The third kappa shape index (κ3) is 6.69. The number of amides is 3. The van der Waals surface area contributed by atoms with Crippen molar-refractivity contribution in [3.63, 3.8) is 0 Å². The fraction of sp³-hybridized carbons (Fsp3) is 0.158. The highest BCUT2D eigenvalue weighted by atomic mass is 19.1. The molecule has 0 fully saturated rings. The van der Waals surface area contributed by atoms with E-state index in [0.29, 0.717) is 22.6 Å². The molecule has 0 aliphatic rings. The first-order valence-electron chi connectivity index (χ1n) is 8.10. The van der Waals surface area contributed by atoms with Gasteiger partial charge in [-0.3, -0.25) is 14.4 Å². The third-order valence-electron chi connectivity index (χ3n) is 3.36. The number of nitrogens with zero attached hydrogens (tertiary/aromatic N) is 1. The van der Waals surface area contributed by atoms with Crippen molar-refractivity contribution < 1.29 is 18.8 Å². The number of hydrogen-bond donors (Lipinski definition) is 3. The maximum Gasteiger partial charge on any atom is 0.271 e. The molecule has 0 atom stereocenters. The molecule has 2 aromatic rings. The summed E-state index contributed by atoms with van der Waals surface area (Å²) in [5.74, 6) is -1.37. The lowest BCUT2D eigenvalue weighted by atomic mass is 10.2. The Labute approximate surface area is 155 Å². The molecule has 8 heteroatoms. The highest BCUT2D eigenvalue weighted by Crippen LogP contribution is 2.10. The molecule has 0 unspecified atom stereocenters. The molecule has 0 radical (unpaired) electrons. The van der Waals surface area contributed by atoms with E-state index in [2.05, 4.69) is 21.2 Å². The molecule has 0 saturated heterocycles. The zero-order valence-electron chi connectivity index (χ0n) is 14.9. The van der Waals surface area contributed by atoms with Gasteiger partial charge in [0, 0.05) is 29.6 Å². The van der Waals surface area contributed by atoms with Gasteiger partial charge >= 0.3 is 0 Å². The Morgan fingerprint density at radius 3 is 2.04 bits per heavy atom. The minimum Gasteiger partial charge on any atom is -0.326 e. The summed E-state index contributed by atoms with van der Waals surface area (Å²) in [4.78, 5) is 34.9. The number of hydrazone groups is 1. The Balaban J connectivity index is 1.86. The van der Waals surface area contributed by atoms with Crippen LogP contribution in [0.3, 0.4) is 0 Å². The van der Waals surface area contributed by atoms with Crippen LogP contribution in [-0.4, -0.2) is 23.4 Å². The summed E-state index contributed by atoms with van der Waals surface area (Å²) in [6.07, 6.45) is -0.0286. The van der Waals surface area contributed by atoms with Crippen LogP contribution in [0, 0.1) is 5.82 Å². The molecular weight excluding hydrogens is 351 g/mol. The molecule has 0 bridgehead atoms. The predicted molar refractivity (Wildman–Crippen MR) is 101 cm³/mol. The van der Waals surface area contributed by atoms with E-state index in [0.717, 1.165) is 0 Å². The number of hydrogen-bond acceptors (Lipinski definition) is 4. The zero-order chi connectivity index (χ0) is 19.8. The summed E-state index contributed by atoms with van der Waals surface area (Å²) >= 11 is 0. The smallest absolute Gasteiger partial charge is 0.271 e. The Morgan fingerprint density at radius 1 is 0.889 bits per heavy atom. The number of rotatable bonds is 6. The predicted octanol–water partition coefficient (Wildman–Crippen LogP) is 2.92. The van der Waals surface area contributed by atoms with E-state index in [1.54, 1.807) is 31.2 Å². The lowest BCUT2D eigenvalue weighted by molar-refractivity contribution is -0.115. The normalized spacial score (nSPS) is 10.9. The molecule has 140 valence electrons. The van der Waals surface area contributed by atoms with Crippen molar-refractivity contribution in [3.8, 4) is 0 Å². The Bertz CT molecular complexity index is 862. The minimum atomic E-state index is -0.442. The van der Waals surface area contributed by atoms with Crippen LogP contribution < -0.4 is 16.1 Å². The molecule has 7 nitrogen and oxygen atoms in total. The summed E-state index contributed by atoms with van der Waals surface area (Å²) < 4.78 is 12.8. The molecule has 2 aromatic carbocycles. The van der Waals surface area contributed by atoms with Gasteiger partial charge in [0.25, 0.3) is 5.91 Å². The molecule has 3 amide bonds. The lowest BCUT2D eigenvalue weighted by Gasteiger charge is -2.06. The van der Waals surface area contributed by atoms with Gasteiger partial charge in [-0.25, -0.2) is 9.82 Å². The third-order valence-corrected chi connectivity index (χ3v) is 3.36. The van der Waals surface area contributed by atoms with Gasteiger partial charge in [-0.05, 0) is 55.5 Å². The van der Waals surface area contributed by atoms with Crippen molar-refractivity contribution in [2.45, 2.75) is 20.3 Å². The van der Waals surface area contributed by atoms with E-state index in [-0.39, 0.29) is 18.2 Å². The maximum absolute atomic E-state index is 12.8. The summed E-state index contributed by atoms with van der Waals surface area (Å²) in [6.45, 7) is 2.99. The number of nitrogens with one attached hydrogen (secondary N) is 3. The summed E-state index contributed by atoms with van der Waals surface area (Å²) in [7, 11) is 0. The first-order chi connectivity index (χ1) is 12.8. The molecular formula is C19H19FN4O3. The van der Waals surface area contributed by atoms with Crippen LogP contribution >= 0.6 is 0 Å². The number of halogens is 1. The molecule has 0 heterocycles. The van der Waals surface area contributed by atoms with E-state index in [1.807, 2.05) is 0 Å². The second kappa shape index (κ2) is 9.23. The second-order valence-electron chi connectivity index (χ2n) is 5.78. The van der Waals surface area contributed by atoms with E-state index in [1.165, 1.54) is 31.2 Å². The van der Waals surface area contributed by atoms with Crippen molar-refractivity contribution in [1.29, 1.82) is 0 Å². The van der Waals surface area contributed by atoms with Crippen LogP contribution in [-0.2, 0) is 9.59 Å². The summed E-state index contributed by atoms with van der Waals surface area (Å²) in [6, 6.07) is 11.7. The molecule has 0 aliphatic carbocycles. The van der Waals surface area contributed by atoms with Crippen LogP contribution in [0.5, 0.6) is 0 Å². The number of carbonyl (C=O) groups is 3. The number of anilines is 2. The Hall–Kier alpha value is -3.55. The van der Waals surface area contributed by atoms with Crippen molar-refractivity contribution in [2.75, 3.05) is 10.6 Å². The van der Waals surface area contributed by atoms with E-state index >= 15 is 0 Å². The van der Waals surface area contributed by atoms with Crippen LogP contribution in [0.4, 0.5) is 15.8 Å². The minimum absolute atomic E-state index is 0.0286. The van der Waals surface area contributed by atoms with Crippen molar-refractivity contribution in [1.82, 2.24) is 5.43 Å². The Morgan fingerprint density at radius 2 is 1.44 bits per heavy atom. The average Bonchev–Trinajstić information content (AvgIpc) is 2.61. The monoisotopic (exact) mass is 370 g/mol. The van der Waals surface area contributed by atoms with Crippen LogP contribution in [0.2, 0.25) is 0 Å². The van der Waals surface area contributed by atoms with Gasteiger partial charge in [0.1, 0.15) is 5.82 Å². The molecule has 27 heavy (non-hydrogen) atoms. The van der Waals surface area contributed by atoms with Gasteiger partial charge in [0.2, 0.25) is 11.8 Å². The number of benzene rings is 2. The van der Waals surface area contributed by atoms with Gasteiger partial charge in [0.15, 0.2) is 0 Å². The van der Waals surface area contributed by atoms with E-state index in [4.69, 9.17) is 0 Å². The van der Waals surface area contributed by atoms with Crippen molar-refractivity contribution >= 4 is 34.8 Å². The lowest BCUT2D eigenvalue weighted by Crippen LogP contribution is -2.21. The van der Waals surface area contributed by atoms with Gasteiger partial charge in [0.05, 0.1) is 6.42 Å².